The van der Waals surface area contributed by atoms with Crippen molar-refractivity contribution < 1.29 is 13.2 Å². The number of aromatic nitrogens is 3. The van der Waals surface area contributed by atoms with Gasteiger partial charge < -0.3 is 15.1 Å². The Kier molecular flexibility index (Phi) is 7.12. The standard InChI is InChI=1S/C23H25N7O3S/c1-14(2)17-9-15(3)10-18(16-7-8-25-19(11-16)24-4)22(17)28-23(31)29-34(32,33)21-13-26-20(12-27-21)30(5)6/h7-14H,1-3,5-6H3,(H2,28,29,31). The van der Waals surface area contributed by atoms with E-state index in [1.54, 1.807) is 31.1 Å². The number of anilines is 2. The second-order valence-corrected chi connectivity index (χ2v) is 9.74. The van der Waals surface area contributed by atoms with Crippen molar-refractivity contribution in [3.63, 3.8) is 0 Å². The number of aryl methyl sites for hydroxylation is 1. The van der Waals surface area contributed by atoms with Crippen LogP contribution >= 0.6 is 0 Å². The second-order valence-electron chi connectivity index (χ2n) is 8.11. The molecule has 3 aromatic rings. The quantitative estimate of drug-likeness (QED) is 0.511. The molecule has 2 N–H and O–H groups in total. The summed E-state index contributed by atoms with van der Waals surface area (Å²) < 4.78 is 27.4. The molecule has 0 aliphatic carbocycles. The maximum absolute atomic E-state index is 12.8. The fraction of sp³-hybridized carbons (Fsp3) is 0.261. The van der Waals surface area contributed by atoms with E-state index in [-0.39, 0.29) is 16.8 Å². The Balaban J connectivity index is 1.97. The van der Waals surface area contributed by atoms with Gasteiger partial charge in [0.1, 0.15) is 12.0 Å². The van der Waals surface area contributed by atoms with Crippen molar-refractivity contribution in [2.45, 2.75) is 31.7 Å². The number of pyridine rings is 1. The third-order valence-corrected chi connectivity index (χ3v) is 6.14. The Bertz CT molecular complexity index is 1360. The molecule has 34 heavy (non-hydrogen) atoms. The number of carbonyl (C=O) groups excluding carboxylic acids is 1. The minimum absolute atomic E-state index is 0.0252. The molecular weight excluding hydrogens is 454 g/mol. The summed E-state index contributed by atoms with van der Waals surface area (Å²) in [6.07, 6.45) is 3.91. The van der Waals surface area contributed by atoms with E-state index in [2.05, 4.69) is 25.1 Å². The minimum Gasteiger partial charge on any atom is -0.361 e. The zero-order chi connectivity index (χ0) is 25.0. The normalized spacial score (nSPS) is 11.1. The van der Waals surface area contributed by atoms with E-state index in [0.717, 1.165) is 17.3 Å². The number of hydrogen-bond acceptors (Lipinski definition) is 7. The molecule has 3 rings (SSSR count). The summed E-state index contributed by atoms with van der Waals surface area (Å²) in [4.78, 5) is 29.8. The van der Waals surface area contributed by atoms with E-state index >= 15 is 0 Å². The number of carbonyl (C=O) groups is 1. The predicted molar refractivity (Wildman–Crippen MR) is 130 cm³/mol. The molecule has 176 valence electrons. The van der Waals surface area contributed by atoms with Crippen LogP contribution < -0.4 is 14.9 Å². The lowest BCUT2D eigenvalue weighted by Crippen LogP contribution is -2.35. The summed E-state index contributed by atoms with van der Waals surface area (Å²) in [5.41, 5.74) is 3.55. The van der Waals surface area contributed by atoms with Crippen molar-refractivity contribution >= 4 is 33.4 Å². The van der Waals surface area contributed by atoms with Crippen LogP contribution in [0.15, 0.2) is 47.9 Å². The van der Waals surface area contributed by atoms with Crippen LogP contribution in [0.3, 0.4) is 0 Å². The molecular formula is C23H25N7O3S. The second kappa shape index (κ2) is 9.84. The van der Waals surface area contributed by atoms with Crippen LogP contribution in [0.25, 0.3) is 16.0 Å². The third kappa shape index (κ3) is 5.47. The Labute approximate surface area is 199 Å². The molecule has 0 aliphatic rings. The van der Waals surface area contributed by atoms with Gasteiger partial charge >= 0.3 is 6.03 Å². The molecule has 0 atom stereocenters. The van der Waals surface area contributed by atoms with Gasteiger partial charge in [-0.25, -0.2) is 19.5 Å². The Morgan fingerprint density at radius 2 is 1.85 bits per heavy atom. The molecule has 0 unspecified atom stereocenters. The van der Waals surface area contributed by atoms with E-state index in [1.807, 2.05) is 37.6 Å². The van der Waals surface area contributed by atoms with E-state index in [1.165, 1.54) is 12.4 Å². The molecule has 11 heteroatoms. The number of benzene rings is 1. The smallest absolute Gasteiger partial charge is 0.333 e. The Hall–Kier alpha value is -4.04. The highest BCUT2D eigenvalue weighted by molar-refractivity contribution is 7.90. The summed E-state index contributed by atoms with van der Waals surface area (Å²) >= 11 is 0. The first-order valence-corrected chi connectivity index (χ1v) is 11.8. The van der Waals surface area contributed by atoms with E-state index < -0.39 is 16.1 Å². The zero-order valence-electron chi connectivity index (χ0n) is 19.5. The monoisotopic (exact) mass is 479 g/mol. The Morgan fingerprint density at radius 3 is 2.44 bits per heavy atom. The van der Waals surface area contributed by atoms with Crippen molar-refractivity contribution in [3.05, 3.63) is 65.4 Å². The van der Waals surface area contributed by atoms with Gasteiger partial charge in [-0.2, -0.15) is 8.42 Å². The van der Waals surface area contributed by atoms with Gasteiger partial charge in [0, 0.05) is 19.7 Å². The maximum atomic E-state index is 12.8. The van der Waals surface area contributed by atoms with Crippen molar-refractivity contribution in [2.75, 3.05) is 24.3 Å². The largest absolute Gasteiger partial charge is 0.361 e. The molecule has 0 bridgehead atoms. The predicted octanol–water partition coefficient (Wildman–Crippen LogP) is 4.10. The third-order valence-electron chi connectivity index (χ3n) is 4.92. The number of rotatable bonds is 6. The molecule has 0 saturated carbocycles. The van der Waals surface area contributed by atoms with Crippen LogP contribution in [-0.4, -0.2) is 43.5 Å². The van der Waals surface area contributed by atoms with Crippen molar-refractivity contribution in [3.8, 4) is 11.1 Å². The van der Waals surface area contributed by atoms with Gasteiger partial charge in [0.05, 0.1) is 18.1 Å². The van der Waals surface area contributed by atoms with Crippen LogP contribution in [0, 0.1) is 13.5 Å². The topological polar surface area (TPSA) is 122 Å². The molecule has 0 saturated heterocycles. The summed E-state index contributed by atoms with van der Waals surface area (Å²) in [5, 5.41) is 2.32. The summed E-state index contributed by atoms with van der Waals surface area (Å²) in [6.45, 7) is 13.1. The fourth-order valence-corrected chi connectivity index (χ4v) is 4.06. The highest BCUT2D eigenvalue weighted by Gasteiger charge is 2.23. The summed E-state index contributed by atoms with van der Waals surface area (Å²) in [7, 11) is -0.757. The average Bonchev–Trinajstić information content (AvgIpc) is 2.79. The Morgan fingerprint density at radius 1 is 1.12 bits per heavy atom. The van der Waals surface area contributed by atoms with Gasteiger partial charge in [-0.3, -0.25) is 0 Å². The van der Waals surface area contributed by atoms with Crippen LogP contribution in [0.4, 0.5) is 22.1 Å². The molecule has 0 fully saturated rings. The SMILES string of the molecule is [C-]#[N+]c1cc(-c2cc(C)cc(C(C)C)c2NC(=O)NS(=O)(=O)c2cnc(N(C)C)cn2)ccn1. The van der Waals surface area contributed by atoms with Crippen LogP contribution in [0.1, 0.15) is 30.9 Å². The minimum atomic E-state index is -4.26. The van der Waals surface area contributed by atoms with E-state index in [4.69, 9.17) is 6.57 Å². The van der Waals surface area contributed by atoms with Gasteiger partial charge in [0.2, 0.25) is 0 Å². The highest BCUT2D eigenvalue weighted by Crippen LogP contribution is 2.37. The van der Waals surface area contributed by atoms with Gasteiger partial charge in [-0.1, -0.05) is 32.0 Å². The number of urea groups is 1. The highest BCUT2D eigenvalue weighted by atomic mass is 32.2. The van der Waals surface area contributed by atoms with Crippen molar-refractivity contribution in [2.24, 2.45) is 0 Å². The molecule has 0 spiro atoms. The van der Waals surface area contributed by atoms with Gasteiger partial charge in [0.25, 0.3) is 15.8 Å². The van der Waals surface area contributed by atoms with E-state index in [0.29, 0.717) is 22.6 Å². The maximum Gasteiger partial charge on any atom is 0.333 e. The molecule has 1 aromatic carbocycles. The van der Waals surface area contributed by atoms with Gasteiger partial charge in [0.15, 0.2) is 5.03 Å². The molecule has 10 nitrogen and oxygen atoms in total. The number of amides is 2. The fourth-order valence-electron chi connectivity index (χ4n) is 3.28. The van der Waals surface area contributed by atoms with Gasteiger partial charge in [-0.05, 0) is 42.2 Å². The molecule has 0 radical (unpaired) electrons. The van der Waals surface area contributed by atoms with Gasteiger partial charge in [-0.15, -0.1) is 4.98 Å². The van der Waals surface area contributed by atoms with Crippen molar-refractivity contribution in [1.29, 1.82) is 0 Å². The first-order valence-electron chi connectivity index (χ1n) is 10.3. The number of sulfonamides is 1. The van der Waals surface area contributed by atoms with Crippen LogP contribution in [0.5, 0.6) is 0 Å². The van der Waals surface area contributed by atoms with Crippen LogP contribution in [-0.2, 0) is 10.0 Å². The summed E-state index contributed by atoms with van der Waals surface area (Å²) in [6, 6.07) is 6.21. The number of nitrogens with one attached hydrogen (secondary N) is 2. The molecule has 2 heterocycles. The molecule has 2 amide bonds. The average molecular weight is 480 g/mol. The molecule has 2 aromatic heterocycles. The lowest BCUT2D eigenvalue weighted by molar-refractivity contribution is 0.256. The van der Waals surface area contributed by atoms with Crippen LogP contribution in [0.2, 0.25) is 0 Å². The summed E-state index contributed by atoms with van der Waals surface area (Å²) in [5.74, 6) is 0.713. The van der Waals surface area contributed by atoms with E-state index in [9.17, 15) is 13.2 Å². The number of hydrogen-bond donors (Lipinski definition) is 2. The zero-order valence-corrected chi connectivity index (χ0v) is 20.3. The first kappa shape index (κ1) is 24.6. The molecule has 0 aliphatic heterocycles. The number of nitrogens with zero attached hydrogens (tertiary/aromatic N) is 5. The lowest BCUT2D eigenvalue weighted by Gasteiger charge is -2.20. The lowest BCUT2D eigenvalue weighted by atomic mass is 9.92. The van der Waals surface area contributed by atoms with Crippen molar-refractivity contribution in [1.82, 2.24) is 19.7 Å². The first-order chi connectivity index (χ1) is 16.0.